The molecule has 8 heteroatoms. The van der Waals surface area contributed by atoms with Crippen LogP contribution >= 0.6 is 0 Å². The number of carbonyl (C=O) groups excluding carboxylic acids is 1. The molecule has 0 aromatic heterocycles. The first-order valence-electron chi connectivity index (χ1n) is 10.0. The van der Waals surface area contributed by atoms with Gasteiger partial charge in [-0.05, 0) is 38.3 Å². The molecule has 1 aromatic carbocycles. The highest BCUT2D eigenvalue weighted by atomic mass is 32.2. The first-order chi connectivity index (χ1) is 13.2. The van der Waals surface area contributed by atoms with Crippen LogP contribution in [0.5, 0.6) is 5.75 Å². The molecule has 0 spiro atoms. The lowest BCUT2D eigenvalue weighted by Crippen LogP contribution is -2.48. The predicted octanol–water partition coefficient (Wildman–Crippen LogP) is 2.68. The van der Waals surface area contributed by atoms with Crippen LogP contribution in [0.3, 0.4) is 0 Å². The minimum absolute atomic E-state index is 0.0576. The summed E-state index contributed by atoms with van der Waals surface area (Å²) in [6.07, 6.45) is 0.860. The third kappa shape index (κ3) is 4.27. The van der Waals surface area contributed by atoms with Crippen molar-refractivity contribution in [2.45, 2.75) is 63.6 Å². The summed E-state index contributed by atoms with van der Waals surface area (Å²) in [5.74, 6) is 0.591. The summed E-state index contributed by atoms with van der Waals surface area (Å²) in [7, 11) is -3.67. The van der Waals surface area contributed by atoms with Crippen molar-refractivity contribution >= 4 is 16.1 Å². The number of ether oxygens (including phenoxy) is 1. The third-order valence-corrected chi connectivity index (χ3v) is 7.07. The number of carbonyl (C=O) groups is 1. The van der Waals surface area contributed by atoms with Gasteiger partial charge in [0.25, 0.3) is 0 Å². The summed E-state index contributed by atoms with van der Waals surface area (Å²) in [5, 5.41) is 2.92. The van der Waals surface area contributed by atoms with E-state index >= 15 is 0 Å². The molecule has 0 unspecified atom stereocenters. The average Bonchev–Trinajstić information content (AvgIpc) is 2.85. The molecule has 0 saturated carbocycles. The number of benzene rings is 1. The summed E-state index contributed by atoms with van der Waals surface area (Å²) in [6.45, 7) is 9.36. The van der Waals surface area contributed by atoms with Crippen LogP contribution < -0.4 is 10.1 Å². The molecule has 0 bridgehead atoms. The number of rotatable bonds is 3. The second-order valence-electron chi connectivity index (χ2n) is 8.31. The van der Waals surface area contributed by atoms with E-state index in [0.29, 0.717) is 38.2 Å². The van der Waals surface area contributed by atoms with Crippen LogP contribution in [0.2, 0.25) is 0 Å². The Morgan fingerprint density at radius 3 is 2.54 bits per heavy atom. The maximum absolute atomic E-state index is 13.4. The molecule has 1 N–H and O–H groups in total. The lowest BCUT2D eigenvalue weighted by atomic mass is 10.0. The highest BCUT2D eigenvalue weighted by Gasteiger charge is 2.43. The average molecular weight is 410 g/mol. The van der Waals surface area contributed by atoms with Gasteiger partial charge in [0.05, 0.1) is 6.04 Å². The first-order valence-corrected chi connectivity index (χ1v) is 11.5. The van der Waals surface area contributed by atoms with Crippen LogP contribution in [0.15, 0.2) is 29.2 Å². The van der Waals surface area contributed by atoms with Gasteiger partial charge < -0.3 is 15.0 Å². The van der Waals surface area contributed by atoms with Crippen molar-refractivity contribution in [2.24, 2.45) is 5.92 Å². The molecule has 2 heterocycles. The topological polar surface area (TPSA) is 79.0 Å². The molecule has 1 saturated heterocycles. The second-order valence-corrected chi connectivity index (χ2v) is 10.2. The molecule has 0 aliphatic carbocycles. The minimum Gasteiger partial charge on any atom is -0.487 e. The van der Waals surface area contributed by atoms with E-state index < -0.39 is 10.0 Å². The molecule has 3 rings (SSSR count). The van der Waals surface area contributed by atoms with E-state index in [9.17, 15) is 13.2 Å². The van der Waals surface area contributed by atoms with Crippen molar-refractivity contribution < 1.29 is 17.9 Å². The fraction of sp³-hybridized carbons (Fsp3) is 0.650. The highest BCUT2D eigenvalue weighted by Crippen LogP contribution is 2.36. The summed E-state index contributed by atoms with van der Waals surface area (Å²) < 4.78 is 34.7. The van der Waals surface area contributed by atoms with Gasteiger partial charge in [-0.3, -0.25) is 0 Å². The van der Waals surface area contributed by atoms with E-state index in [2.05, 4.69) is 5.32 Å². The monoisotopic (exact) mass is 409 g/mol. The van der Waals surface area contributed by atoms with Crippen molar-refractivity contribution in [2.75, 3.05) is 19.6 Å². The van der Waals surface area contributed by atoms with Gasteiger partial charge in [0.1, 0.15) is 16.7 Å². The Hall–Kier alpha value is -1.80. The van der Waals surface area contributed by atoms with E-state index in [-0.39, 0.29) is 35.0 Å². The van der Waals surface area contributed by atoms with Crippen LogP contribution in [-0.2, 0) is 10.0 Å². The molecule has 2 atom stereocenters. The van der Waals surface area contributed by atoms with Gasteiger partial charge in [0, 0.05) is 32.1 Å². The molecular weight excluding hydrogens is 378 g/mol. The van der Waals surface area contributed by atoms with E-state index in [4.69, 9.17) is 4.74 Å². The normalized spacial score (nSPS) is 24.7. The molecule has 28 heavy (non-hydrogen) atoms. The quantitative estimate of drug-likeness (QED) is 0.832. The molecule has 2 aliphatic rings. The van der Waals surface area contributed by atoms with Crippen molar-refractivity contribution in [3.63, 3.8) is 0 Å². The molecular formula is C20H31N3O4S. The Balaban J connectivity index is 1.94. The van der Waals surface area contributed by atoms with Crippen molar-refractivity contribution in [3.8, 4) is 5.75 Å². The summed E-state index contributed by atoms with van der Waals surface area (Å²) in [6, 6.07) is 6.51. The van der Waals surface area contributed by atoms with Gasteiger partial charge in [-0.15, -0.1) is 0 Å². The van der Waals surface area contributed by atoms with Gasteiger partial charge >= 0.3 is 6.03 Å². The van der Waals surface area contributed by atoms with Crippen LogP contribution in [0.1, 0.15) is 40.5 Å². The Kier molecular flexibility index (Phi) is 6.19. The van der Waals surface area contributed by atoms with E-state index in [1.54, 1.807) is 33.5 Å². The summed E-state index contributed by atoms with van der Waals surface area (Å²) in [4.78, 5) is 14.5. The van der Waals surface area contributed by atoms with E-state index in [0.717, 1.165) is 0 Å². The Labute approximate surface area is 168 Å². The summed E-state index contributed by atoms with van der Waals surface area (Å²) in [5.41, 5.74) is 0. The number of hydrogen-bond acceptors (Lipinski definition) is 4. The zero-order valence-electron chi connectivity index (χ0n) is 17.1. The number of sulfonamides is 1. The van der Waals surface area contributed by atoms with Crippen molar-refractivity contribution in [3.05, 3.63) is 24.3 Å². The van der Waals surface area contributed by atoms with Gasteiger partial charge in [0.15, 0.2) is 0 Å². The molecule has 2 amide bonds. The number of para-hydroxylation sites is 1. The van der Waals surface area contributed by atoms with E-state index in [1.165, 1.54) is 0 Å². The fourth-order valence-electron chi connectivity index (χ4n) is 3.89. The Morgan fingerprint density at radius 1 is 1.18 bits per heavy atom. The van der Waals surface area contributed by atoms with Crippen LogP contribution in [0, 0.1) is 5.92 Å². The zero-order valence-corrected chi connectivity index (χ0v) is 17.9. The van der Waals surface area contributed by atoms with Crippen molar-refractivity contribution in [1.82, 2.24) is 14.5 Å². The third-order valence-electron chi connectivity index (χ3n) is 5.14. The minimum atomic E-state index is -3.67. The first kappa shape index (κ1) is 20.9. The molecule has 0 radical (unpaired) electrons. The number of amides is 2. The largest absolute Gasteiger partial charge is 0.487 e. The Bertz CT molecular complexity index is 809. The molecule has 156 valence electrons. The molecule has 1 fully saturated rings. The van der Waals surface area contributed by atoms with E-state index in [1.807, 2.05) is 27.7 Å². The SMILES string of the molecule is CC(C)CN1[C@H]2CCN(C(=O)NC(C)C)CC[C@@H]2Oc2ccccc2S1(=O)=O. The van der Waals surface area contributed by atoms with Gasteiger partial charge in [0.2, 0.25) is 10.0 Å². The highest BCUT2D eigenvalue weighted by molar-refractivity contribution is 7.89. The maximum Gasteiger partial charge on any atom is 0.317 e. The molecule has 7 nitrogen and oxygen atoms in total. The zero-order chi connectivity index (χ0) is 20.5. The lowest BCUT2D eigenvalue weighted by molar-refractivity contribution is 0.108. The van der Waals surface area contributed by atoms with Crippen molar-refractivity contribution in [1.29, 1.82) is 0 Å². The number of nitrogens with one attached hydrogen (secondary N) is 1. The van der Waals surface area contributed by atoms with Crippen LogP contribution in [0.25, 0.3) is 0 Å². The fourth-order valence-corrected chi connectivity index (χ4v) is 5.86. The summed E-state index contributed by atoms with van der Waals surface area (Å²) >= 11 is 0. The standard InChI is InChI=1S/C20H31N3O4S/c1-14(2)13-23-16-9-11-22(20(24)21-15(3)4)12-10-17(16)27-18-7-5-6-8-19(18)28(23,25)26/h5-8,14-17H,9-13H2,1-4H3,(H,21,24)/t16-,17-/m0/s1. The van der Waals surface area contributed by atoms with Gasteiger partial charge in [-0.1, -0.05) is 26.0 Å². The van der Waals surface area contributed by atoms with Crippen LogP contribution in [0.4, 0.5) is 4.79 Å². The molecule has 2 aliphatic heterocycles. The number of hydrogen-bond donors (Lipinski definition) is 1. The number of urea groups is 1. The maximum atomic E-state index is 13.4. The van der Waals surface area contributed by atoms with Gasteiger partial charge in [-0.25, -0.2) is 13.2 Å². The number of fused-ring (bicyclic) bond motifs is 2. The predicted molar refractivity (Wildman–Crippen MR) is 108 cm³/mol. The smallest absolute Gasteiger partial charge is 0.317 e. The second kappa shape index (κ2) is 8.29. The lowest BCUT2D eigenvalue weighted by Gasteiger charge is -2.32. The molecule has 1 aromatic rings. The van der Waals surface area contributed by atoms with Gasteiger partial charge in [-0.2, -0.15) is 4.31 Å². The Morgan fingerprint density at radius 2 is 1.86 bits per heavy atom. The number of likely N-dealkylation sites (tertiary alicyclic amines) is 1. The van der Waals surface area contributed by atoms with Crippen LogP contribution in [-0.4, -0.2) is 61.5 Å². The number of nitrogens with zero attached hydrogens (tertiary/aromatic N) is 2.